The fourth-order valence-electron chi connectivity index (χ4n) is 2.75. The maximum atomic E-state index is 5.72. The van der Waals surface area contributed by atoms with Gasteiger partial charge in [0.15, 0.2) is 5.11 Å². The molecule has 0 amide bonds. The van der Waals surface area contributed by atoms with Crippen molar-refractivity contribution in [3.05, 3.63) is 95.3 Å². The van der Waals surface area contributed by atoms with Gasteiger partial charge in [0.2, 0.25) is 0 Å². The van der Waals surface area contributed by atoms with E-state index in [2.05, 4.69) is 71.5 Å². The van der Waals surface area contributed by atoms with E-state index < -0.39 is 0 Å². The molecule has 0 aliphatic carbocycles. The van der Waals surface area contributed by atoms with E-state index in [1.54, 1.807) is 6.20 Å². The number of anilines is 1. The van der Waals surface area contributed by atoms with Gasteiger partial charge >= 0.3 is 0 Å². The molecule has 0 atom stereocenters. The first-order valence-electron chi connectivity index (χ1n) is 8.67. The Morgan fingerprint density at radius 1 is 0.923 bits per heavy atom. The second-order valence-electron chi connectivity index (χ2n) is 6.50. The summed E-state index contributed by atoms with van der Waals surface area (Å²) in [4.78, 5) is 6.39. The molecule has 0 fully saturated rings. The lowest BCUT2D eigenvalue weighted by Gasteiger charge is -2.26. The van der Waals surface area contributed by atoms with Gasteiger partial charge in [0.1, 0.15) is 0 Å². The lowest BCUT2D eigenvalue weighted by atomic mass is 10.1. The van der Waals surface area contributed by atoms with Crippen LogP contribution < -0.4 is 5.32 Å². The van der Waals surface area contributed by atoms with Crippen LogP contribution in [0.2, 0.25) is 0 Å². The van der Waals surface area contributed by atoms with E-state index in [-0.39, 0.29) is 0 Å². The number of hydrogen-bond acceptors (Lipinski definition) is 2. The molecule has 4 heteroatoms. The van der Waals surface area contributed by atoms with E-state index in [1.807, 2.05) is 24.4 Å². The molecule has 26 heavy (non-hydrogen) atoms. The van der Waals surface area contributed by atoms with Gasteiger partial charge in [0.25, 0.3) is 0 Å². The van der Waals surface area contributed by atoms with E-state index in [1.165, 1.54) is 16.7 Å². The molecule has 0 spiro atoms. The Kier molecular flexibility index (Phi) is 5.97. The molecule has 3 nitrogen and oxygen atoms in total. The van der Waals surface area contributed by atoms with E-state index in [0.29, 0.717) is 11.7 Å². The van der Waals surface area contributed by atoms with Gasteiger partial charge in [-0.15, -0.1) is 0 Å². The third kappa shape index (κ3) is 5.14. The summed E-state index contributed by atoms with van der Waals surface area (Å²) in [6, 6.07) is 20.8. The number of hydrogen-bond donors (Lipinski definition) is 1. The van der Waals surface area contributed by atoms with Crippen LogP contribution in [0.5, 0.6) is 0 Å². The number of aromatic nitrogens is 1. The summed E-state index contributed by atoms with van der Waals surface area (Å²) in [7, 11) is 0. The third-order valence-corrected chi connectivity index (χ3v) is 4.51. The molecule has 0 aliphatic heterocycles. The second-order valence-corrected chi connectivity index (χ2v) is 6.89. The Morgan fingerprint density at radius 2 is 1.69 bits per heavy atom. The first-order chi connectivity index (χ1) is 12.6. The van der Waals surface area contributed by atoms with E-state index >= 15 is 0 Å². The lowest BCUT2D eigenvalue weighted by molar-refractivity contribution is 0.412. The van der Waals surface area contributed by atoms with Crippen LogP contribution in [0.25, 0.3) is 0 Å². The molecular weight excluding hydrogens is 338 g/mol. The third-order valence-electron chi connectivity index (χ3n) is 4.15. The van der Waals surface area contributed by atoms with Crippen molar-refractivity contribution >= 4 is 23.0 Å². The first-order valence-corrected chi connectivity index (χ1v) is 9.08. The lowest BCUT2D eigenvalue weighted by Crippen LogP contribution is -2.33. The smallest absolute Gasteiger partial charge is 0.174 e. The number of thiocarbonyl (C=S) groups is 1. The summed E-state index contributed by atoms with van der Waals surface area (Å²) in [6.07, 6.45) is 3.68. The molecule has 0 saturated heterocycles. The highest BCUT2D eigenvalue weighted by atomic mass is 32.1. The van der Waals surface area contributed by atoms with Crippen molar-refractivity contribution in [3.63, 3.8) is 0 Å². The largest absolute Gasteiger partial charge is 0.340 e. The SMILES string of the molecule is Cc1ccc(CN(Cc2cccnc2)C(=S)Nc2cccc(C)c2)cc1. The second kappa shape index (κ2) is 8.59. The average Bonchev–Trinajstić information content (AvgIpc) is 2.64. The van der Waals surface area contributed by atoms with Crippen LogP contribution in [0.4, 0.5) is 5.69 Å². The van der Waals surface area contributed by atoms with Crippen LogP contribution in [0, 0.1) is 13.8 Å². The van der Waals surface area contributed by atoms with Crippen molar-refractivity contribution in [2.24, 2.45) is 0 Å². The first kappa shape index (κ1) is 18.1. The van der Waals surface area contributed by atoms with Crippen LogP contribution >= 0.6 is 12.2 Å². The fourth-order valence-corrected chi connectivity index (χ4v) is 3.00. The minimum atomic E-state index is 0.708. The summed E-state index contributed by atoms with van der Waals surface area (Å²) in [6.45, 7) is 5.63. The number of pyridine rings is 1. The Balaban J connectivity index is 1.78. The van der Waals surface area contributed by atoms with Crippen LogP contribution in [0.1, 0.15) is 22.3 Å². The normalized spacial score (nSPS) is 10.4. The fraction of sp³-hybridized carbons (Fsp3) is 0.182. The standard InChI is InChI=1S/C22H23N3S/c1-17-8-10-19(11-9-17)15-25(16-20-6-4-12-23-14-20)22(26)24-21-7-3-5-18(2)13-21/h3-14H,15-16H2,1-2H3,(H,24,26). The molecule has 1 heterocycles. The van der Waals surface area contributed by atoms with Gasteiger partial charge in [0, 0.05) is 31.2 Å². The number of benzene rings is 2. The molecule has 1 N–H and O–H groups in total. The summed E-state index contributed by atoms with van der Waals surface area (Å²) in [5.41, 5.74) is 5.83. The predicted molar refractivity (Wildman–Crippen MR) is 112 cm³/mol. The number of rotatable bonds is 5. The zero-order chi connectivity index (χ0) is 18.4. The van der Waals surface area contributed by atoms with Crippen molar-refractivity contribution in [2.75, 3.05) is 5.32 Å². The molecule has 0 saturated carbocycles. The summed E-state index contributed by atoms with van der Waals surface area (Å²) >= 11 is 5.72. The van der Waals surface area contributed by atoms with Gasteiger partial charge in [0.05, 0.1) is 0 Å². The highest BCUT2D eigenvalue weighted by molar-refractivity contribution is 7.80. The Labute approximate surface area is 160 Å². The molecule has 132 valence electrons. The maximum Gasteiger partial charge on any atom is 0.174 e. The van der Waals surface area contributed by atoms with Crippen molar-refractivity contribution in [2.45, 2.75) is 26.9 Å². The quantitative estimate of drug-likeness (QED) is 0.640. The molecule has 0 unspecified atom stereocenters. The van der Waals surface area contributed by atoms with Gasteiger partial charge < -0.3 is 10.2 Å². The van der Waals surface area contributed by atoms with Crippen molar-refractivity contribution in [3.8, 4) is 0 Å². The van der Waals surface area contributed by atoms with Gasteiger partial charge in [-0.2, -0.15) is 0 Å². The zero-order valence-corrected chi connectivity index (χ0v) is 16.0. The van der Waals surface area contributed by atoms with Gasteiger partial charge in [-0.25, -0.2) is 0 Å². The average molecular weight is 362 g/mol. The maximum absolute atomic E-state index is 5.72. The van der Waals surface area contributed by atoms with Crippen molar-refractivity contribution in [1.29, 1.82) is 0 Å². The molecule has 1 aromatic heterocycles. The molecule has 3 rings (SSSR count). The van der Waals surface area contributed by atoms with Crippen LogP contribution in [0.3, 0.4) is 0 Å². The molecule has 3 aromatic rings. The Morgan fingerprint density at radius 3 is 2.38 bits per heavy atom. The summed E-state index contributed by atoms with van der Waals surface area (Å²) < 4.78 is 0. The van der Waals surface area contributed by atoms with Gasteiger partial charge in [-0.1, -0.05) is 48.0 Å². The van der Waals surface area contributed by atoms with Gasteiger partial charge in [-0.3, -0.25) is 4.98 Å². The molecule has 0 aliphatic rings. The minimum absolute atomic E-state index is 0.708. The highest BCUT2D eigenvalue weighted by Crippen LogP contribution is 2.15. The van der Waals surface area contributed by atoms with E-state index in [0.717, 1.165) is 17.8 Å². The van der Waals surface area contributed by atoms with E-state index in [4.69, 9.17) is 12.2 Å². The number of aryl methyl sites for hydroxylation is 2. The molecule has 0 bridgehead atoms. The Bertz CT molecular complexity index is 860. The van der Waals surface area contributed by atoms with Crippen molar-refractivity contribution < 1.29 is 0 Å². The van der Waals surface area contributed by atoms with Crippen LogP contribution in [-0.4, -0.2) is 15.0 Å². The minimum Gasteiger partial charge on any atom is -0.340 e. The predicted octanol–water partition coefficient (Wildman–Crippen LogP) is 5.10. The van der Waals surface area contributed by atoms with Gasteiger partial charge in [-0.05, 0) is 61.0 Å². The van der Waals surface area contributed by atoms with Crippen LogP contribution in [0.15, 0.2) is 73.1 Å². The molecule has 0 radical (unpaired) electrons. The molecule has 2 aromatic carbocycles. The van der Waals surface area contributed by atoms with Crippen molar-refractivity contribution in [1.82, 2.24) is 9.88 Å². The zero-order valence-electron chi connectivity index (χ0n) is 15.1. The Hall–Kier alpha value is -2.72. The summed E-state index contributed by atoms with van der Waals surface area (Å²) in [5, 5.41) is 4.08. The summed E-state index contributed by atoms with van der Waals surface area (Å²) in [5.74, 6) is 0. The topological polar surface area (TPSA) is 28.2 Å². The molecular formula is C22H23N3S. The highest BCUT2D eigenvalue weighted by Gasteiger charge is 2.12. The number of nitrogens with zero attached hydrogens (tertiary/aromatic N) is 2. The monoisotopic (exact) mass is 361 g/mol. The van der Waals surface area contributed by atoms with Crippen LogP contribution in [-0.2, 0) is 13.1 Å². The van der Waals surface area contributed by atoms with E-state index in [9.17, 15) is 0 Å². The number of nitrogens with one attached hydrogen (secondary N) is 1.